The summed E-state index contributed by atoms with van der Waals surface area (Å²) in [6, 6.07) is 14.2. The summed E-state index contributed by atoms with van der Waals surface area (Å²) in [4.78, 5) is 17.1. The smallest absolute Gasteiger partial charge is 0.238 e. The molecular weight excluding hydrogens is 378 g/mol. The minimum Gasteiger partial charge on any atom is -0.454 e. The van der Waals surface area contributed by atoms with Crippen molar-refractivity contribution < 1.29 is 14.3 Å². The van der Waals surface area contributed by atoms with Crippen molar-refractivity contribution in [1.82, 2.24) is 4.90 Å². The van der Waals surface area contributed by atoms with Gasteiger partial charge in [-0.05, 0) is 61.3 Å². The number of rotatable bonds is 7. The quantitative estimate of drug-likeness (QED) is 0.741. The molecule has 1 saturated heterocycles. The number of ether oxygens (including phenoxy) is 2. The first-order valence-corrected chi connectivity index (χ1v) is 11.0. The maximum Gasteiger partial charge on any atom is 0.238 e. The second kappa shape index (κ2) is 9.85. The third kappa shape index (κ3) is 5.25. The third-order valence-electron chi connectivity index (χ3n) is 5.78. The Kier molecular flexibility index (Phi) is 6.74. The van der Waals surface area contributed by atoms with Gasteiger partial charge in [-0.3, -0.25) is 9.69 Å². The van der Waals surface area contributed by atoms with Crippen LogP contribution in [0.5, 0.6) is 11.5 Å². The maximum absolute atomic E-state index is 12.6. The lowest BCUT2D eigenvalue weighted by Crippen LogP contribution is -2.32. The molecule has 2 aliphatic heterocycles. The molecule has 6 heteroatoms. The average Bonchev–Trinajstić information content (AvgIpc) is 3.05. The van der Waals surface area contributed by atoms with Gasteiger partial charge < -0.3 is 19.7 Å². The first kappa shape index (κ1) is 20.5. The summed E-state index contributed by atoms with van der Waals surface area (Å²) in [5, 5.41) is 3.03. The number of nitrogens with one attached hydrogen (secondary N) is 1. The Hall–Kier alpha value is -2.73. The van der Waals surface area contributed by atoms with E-state index < -0.39 is 0 Å². The molecule has 1 amide bonds. The van der Waals surface area contributed by atoms with Crippen molar-refractivity contribution in [3.05, 3.63) is 48.0 Å². The molecular formula is C24H31N3O3. The van der Waals surface area contributed by atoms with E-state index in [4.69, 9.17) is 9.47 Å². The lowest BCUT2D eigenvalue weighted by molar-refractivity contribution is -0.117. The number of nitrogens with zero attached hydrogens (tertiary/aromatic N) is 2. The molecule has 2 aromatic rings. The van der Waals surface area contributed by atoms with E-state index in [2.05, 4.69) is 34.2 Å². The van der Waals surface area contributed by atoms with E-state index >= 15 is 0 Å². The molecule has 0 radical (unpaired) electrons. The number of carbonyl (C=O) groups is 1. The molecule has 0 spiro atoms. The molecule has 0 aromatic heterocycles. The van der Waals surface area contributed by atoms with Crippen molar-refractivity contribution >= 4 is 17.3 Å². The van der Waals surface area contributed by atoms with Crippen molar-refractivity contribution in [3.63, 3.8) is 0 Å². The fourth-order valence-electron chi connectivity index (χ4n) is 4.07. The highest BCUT2D eigenvalue weighted by molar-refractivity contribution is 5.92. The Morgan fingerprint density at radius 1 is 1.00 bits per heavy atom. The number of fused-ring (bicyclic) bond motifs is 1. The third-order valence-corrected chi connectivity index (χ3v) is 5.78. The number of anilines is 2. The van der Waals surface area contributed by atoms with Crippen LogP contribution in [-0.2, 0) is 11.3 Å². The molecule has 0 aliphatic carbocycles. The van der Waals surface area contributed by atoms with Crippen LogP contribution in [0.1, 0.15) is 38.2 Å². The van der Waals surface area contributed by atoms with Gasteiger partial charge in [0.1, 0.15) is 0 Å². The topological polar surface area (TPSA) is 54.0 Å². The van der Waals surface area contributed by atoms with Crippen LogP contribution in [0.2, 0.25) is 0 Å². The first-order chi connectivity index (χ1) is 14.7. The Balaban J connectivity index is 1.30. The van der Waals surface area contributed by atoms with Crippen molar-refractivity contribution in [2.75, 3.05) is 43.2 Å². The van der Waals surface area contributed by atoms with E-state index in [1.54, 1.807) is 0 Å². The van der Waals surface area contributed by atoms with Crippen molar-refractivity contribution in [1.29, 1.82) is 0 Å². The lowest BCUT2D eigenvalue weighted by Gasteiger charge is -2.23. The predicted molar refractivity (Wildman–Crippen MR) is 119 cm³/mol. The molecule has 0 saturated carbocycles. The van der Waals surface area contributed by atoms with Crippen LogP contribution < -0.4 is 19.7 Å². The molecule has 0 bridgehead atoms. The monoisotopic (exact) mass is 409 g/mol. The van der Waals surface area contributed by atoms with Gasteiger partial charge in [0.05, 0.1) is 6.54 Å². The first-order valence-electron chi connectivity index (χ1n) is 11.0. The zero-order chi connectivity index (χ0) is 20.8. The van der Waals surface area contributed by atoms with E-state index in [0.717, 1.165) is 42.4 Å². The number of benzene rings is 2. The molecule has 1 N–H and O–H groups in total. The highest BCUT2D eigenvalue weighted by atomic mass is 16.7. The van der Waals surface area contributed by atoms with E-state index in [1.165, 1.54) is 31.4 Å². The van der Waals surface area contributed by atoms with Gasteiger partial charge in [0.15, 0.2) is 11.5 Å². The maximum atomic E-state index is 12.6. The standard InChI is InChI=1S/C24H31N3O3/c1-2-26(16-19-7-12-22-23(15-19)30-18-29-22)17-24(28)25-20-8-10-21(11-9-20)27-13-5-3-4-6-14-27/h7-12,15H,2-6,13-14,16-18H2,1H3,(H,25,28). The van der Waals surface area contributed by atoms with Gasteiger partial charge >= 0.3 is 0 Å². The Morgan fingerprint density at radius 3 is 2.47 bits per heavy atom. The zero-order valence-corrected chi connectivity index (χ0v) is 17.7. The molecule has 0 unspecified atom stereocenters. The fourth-order valence-corrected chi connectivity index (χ4v) is 4.07. The summed E-state index contributed by atoms with van der Waals surface area (Å²) in [5.74, 6) is 1.56. The Bertz CT molecular complexity index is 845. The van der Waals surface area contributed by atoms with Crippen LogP contribution in [0.4, 0.5) is 11.4 Å². The van der Waals surface area contributed by atoms with Crippen molar-refractivity contribution in [2.24, 2.45) is 0 Å². The van der Waals surface area contributed by atoms with Crippen molar-refractivity contribution in [2.45, 2.75) is 39.2 Å². The van der Waals surface area contributed by atoms with Gasteiger partial charge in [-0.15, -0.1) is 0 Å². The van der Waals surface area contributed by atoms with Crippen LogP contribution >= 0.6 is 0 Å². The minimum atomic E-state index is 0.000107. The van der Waals surface area contributed by atoms with E-state index in [0.29, 0.717) is 13.1 Å². The van der Waals surface area contributed by atoms with Crippen LogP contribution in [0, 0.1) is 0 Å². The molecule has 2 heterocycles. The highest BCUT2D eigenvalue weighted by Gasteiger charge is 2.16. The van der Waals surface area contributed by atoms with E-state index in [-0.39, 0.29) is 12.7 Å². The molecule has 4 rings (SSSR count). The minimum absolute atomic E-state index is 0.000107. The molecule has 2 aliphatic rings. The normalized spacial score (nSPS) is 15.9. The summed E-state index contributed by atoms with van der Waals surface area (Å²) in [7, 11) is 0. The highest BCUT2D eigenvalue weighted by Crippen LogP contribution is 2.32. The Labute approximate surface area is 178 Å². The van der Waals surface area contributed by atoms with Crippen LogP contribution in [0.25, 0.3) is 0 Å². The largest absolute Gasteiger partial charge is 0.454 e. The second-order valence-electron chi connectivity index (χ2n) is 7.99. The SMILES string of the molecule is CCN(CC(=O)Nc1ccc(N2CCCCCC2)cc1)Cc1ccc2c(c1)OCO2. The summed E-state index contributed by atoms with van der Waals surface area (Å²) in [6.45, 7) is 6.41. The van der Waals surface area contributed by atoms with E-state index in [9.17, 15) is 4.79 Å². The zero-order valence-electron chi connectivity index (χ0n) is 17.7. The van der Waals surface area contributed by atoms with Gasteiger partial charge in [0.25, 0.3) is 0 Å². The lowest BCUT2D eigenvalue weighted by atomic mass is 10.2. The van der Waals surface area contributed by atoms with Gasteiger partial charge in [0, 0.05) is 31.0 Å². The number of hydrogen-bond donors (Lipinski definition) is 1. The summed E-state index contributed by atoms with van der Waals surface area (Å²) < 4.78 is 10.8. The van der Waals surface area contributed by atoms with Crippen molar-refractivity contribution in [3.8, 4) is 11.5 Å². The Morgan fingerprint density at radius 2 is 1.73 bits per heavy atom. The van der Waals surface area contributed by atoms with Crippen LogP contribution in [0.3, 0.4) is 0 Å². The summed E-state index contributed by atoms with van der Waals surface area (Å²) in [6.07, 6.45) is 5.17. The fraction of sp³-hybridized carbons (Fsp3) is 0.458. The van der Waals surface area contributed by atoms with E-state index in [1.807, 2.05) is 30.3 Å². The summed E-state index contributed by atoms with van der Waals surface area (Å²) in [5.41, 5.74) is 3.20. The molecule has 2 aromatic carbocycles. The van der Waals surface area contributed by atoms with Gasteiger partial charge in [0.2, 0.25) is 12.7 Å². The average molecular weight is 410 g/mol. The molecule has 160 valence electrons. The van der Waals surface area contributed by atoms with Gasteiger partial charge in [-0.2, -0.15) is 0 Å². The summed E-state index contributed by atoms with van der Waals surface area (Å²) >= 11 is 0. The number of likely N-dealkylation sites (N-methyl/N-ethyl adjacent to an activating group) is 1. The number of hydrogen-bond acceptors (Lipinski definition) is 5. The second-order valence-corrected chi connectivity index (χ2v) is 7.99. The van der Waals surface area contributed by atoms with Crippen LogP contribution in [-0.4, -0.2) is 43.8 Å². The molecule has 1 fully saturated rings. The van der Waals surface area contributed by atoms with Gasteiger partial charge in [-0.1, -0.05) is 25.8 Å². The molecule has 0 atom stereocenters. The molecule has 6 nitrogen and oxygen atoms in total. The molecule has 30 heavy (non-hydrogen) atoms. The number of amides is 1. The number of carbonyl (C=O) groups excluding carboxylic acids is 1. The van der Waals surface area contributed by atoms with Gasteiger partial charge in [-0.25, -0.2) is 0 Å². The predicted octanol–water partition coefficient (Wildman–Crippen LogP) is 4.26. The van der Waals surface area contributed by atoms with Crippen LogP contribution in [0.15, 0.2) is 42.5 Å².